The molecule has 0 aliphatic carbocycles. The number of nitrogens with one attached hydrogen (secondary N) is 1. The van der Waals surface area contributed by atoms with Crippen molar-refractivity contribution in [2.24, 2.45) is 10.8 Å². The van der Waals surface area contributed by atoms with Gasteiger partial charge in [-0.3, -0.25) is 10.1 Å². The summed E-state index contributed by atoms with van der Waals surface area (Å²) in [6, 6.07) is 7.94. The van der Waals surface area contributed by atoms with E-state index < -0.39 is 11.4 Å². The minimum absolute atomic E-state index is 0.397. The van der Waals surface area contributed by atoms with E-state index in [2.05, 4.69) is 22.3 Å². The standard InChI is InChI=1S/C15H23N5O/c1-3-5-12-6-8-13(9-7-12)15(2,14(16)21)18-10-4-11-19-20-17/h6-9,18H,3-5,10-11H2,1-2H3,(H2,16,21). The highest BCUT2D eigenvalue weighted by Gasteiger charge is 2.32. The summed E-state index contributed by atoms with van der Waals surface area (Å²) in [5, 5.41) is 6.63. The van der Waals surface area contributed by atoms with Crippen LogP contribution in [-0.2, 0) is 16.8 Å². The predicted molar refractivity (Wildman–Crippen MR) is 83.6 cm³/mol. The van der Waals surface area contributed by atoms with Crippen LogP contribution in [0, 0.1) is 0 Å². The van der Waals surface area contributed by atoms with Crippen LogP contribution in [0.3, 0.4) is 0 Å². The third-order valence-corrected chi connectivity index (χ3v) is 3.54. The van der Waals surface area contributed by atoms with Crippen LogP contribution in [0.4, 0.5) is 0 Å². The Morgan fingerprint density at radius 3 is 2.62 bits per heavy atom. The molecule has 3 N–H and O–H groups in total. The van der Waals surface area contributed by atoms with Crippen LogP contribution in [0.5, 0.6) is 0 Å². The van der Waals surface area contributed by atoms with Crippen molar-refractivity contribution in [2.45, 2.75) is 38.6 Å². The molecule has 0 heterocycles. The van der Waals surface area contributed by atoms with Gasteiger partial charge in [-0.05, 0) is 43.0 Å². The molecule has 1 amide bonds. The van der Waals surface area contributed by atoms with Gasteiger partial charge >= 0.3 is 0 Å². The molecule has 1 atom stereocenters. The molecule has 21 heavy (non-hydrogen) atoms. The zero-order chi connectivity index (χ0) is 15.7. The number of amides is 1. The summed E-state index contributed by atoms with van der Waals surface area (Å²) in [4.78, 5) is 14.5. The molecule has 114 valence electrons. The van der Waals surface area contributed by atoms with Gasteiger partial charge in [0.25, 0.3) is 0 Å². The van der Waals surface area contributed by atoms with E-state index in [1.165, 1.54) is 5.56 Å². The molecule has 0 aliphatic rings. The summed E-state index contributed by atoms with van der Waals surface area (Å²) >= 11 is 0. The van der Waals surface area contributed by atoms with Gasteiger partial charge < -0.3 is 5.73 Å². The second kappa shape index (κ2) is 8.29. The van der Waals surface area contributed by atoms with Crippen molar-refractivity contribution in [1.82, 2.24) is 5.32 Å². The molecule has 6 nitrogen and oxygen atoms in total. The van der Waals surface area contributed by atoms with Gasteiger partial charge in [-0.15, -0.1) is 0 Å². The average Bonchev–Trinajstić information content (AvgIpc) is 2.47. The molecule has 1 unspecified atom stereocenters. The van der Waals surface area contributed by atoms with Gasteiger partial charge in [-0.2, -0.15) is 0 Å². The van der Waals surface area contributed by atoms with Crippen molar-refractivity contribution >= 4 is 5.91 Å². The van der Waals surface area contributed by atoms with E-state index in [0.29, 0.717) is 19.5 Å². The number of azide groups is 1. The van der Waals surface area contributed by atoms with Gasteiger partial charge in [0.1, 0.15) is 5.54 Å². The van der Waals surface area contributed by atoms with E-state index in [1.54, 1.807) is 6.92 Å². The van der Waals surface area contributed by atoms with E-state index in [4.69, 9.17) is 11.3 Å². The molecule has 0 aliphatic heterocycles. The highest BCUT2D eigenvalue weighted by Crippen LogP contribution is 2.21. The average molecular weight is 289 g/mol. The van der Waals surface area contributed by atoms with E-state index >= 15 is 0 Å². The van der Waals surface area contributed by atoms with Crippen molar-refractivity contribution in [3.8, 4) is 0 Å². The van der Waals surface area contributed by atoms with E-state index in [-0.39, 0.29) is 0 Å². The number of aryl methyl sites for hydroxylation is 1. The quantitative estimate of drug-likeness (QED) is 0.316. The summed E-state index contributed by atoms with van der Waals surface area (Å²) in [5.41, 5.74) is 15.0. The topological polar surface area (TPSA) is 104 Å². The van der Waals surface area contributed by atoms with Gasteiger partial charge in [0.15, 0.2) is 0 Å². The predicted octanol–water partition coefficient (Wildman–Crippen LogP) is 2.63. The van der Waals surface area contributed by atoms with Crippen molar-refractivity contribution in [2.75, 3.05) is 13.1 Å². The minimum atomic E-state index is -0.916. The van der Waals surface area contributed by atoms with Crippen molar-refractivity contribution in [1.29, 1.82) is 0 Å². The number of carbonyl (C=O) groups excluding carboxylic acids is 1. The first-order valence-corrected chi connectivity index (χ1v) is 7.19. The fraction of sp³-hybridized carbons (Fsp3) is 0.533. The first kappa shape index (κ1) is 17.0. The SMILES string of the molecule is CCCc1ccc(C(C)(NCCCN=[N+]=[N-])C(N)=O)cc1. The molecule has 0 fully saturated rings. The fourth-order valence-electron chi connectivity index (χ4n) is 2.16. The van der Waals surface area contributed by atoms with Gasteiger partial charge in [0.2, 0.25) is 5.91 Å². The number of benzene rings is 1. The monoisotopic (exact) mass is 289 g/mol. The molecule has 0 radical (unpaired) electrons. The first-order chi connectivity index (χ1) is 10.0. The lowest BCUT2D eigenvalue weighted by molar-refractivity contribution is -0.124. The van der Waals surface area contributed by atoms with Crippen LogP contribution in [0.1, 0.15) is 37.8 Å². The van der Waals surface area contributed by atoms with Crippen LogP contribution in [0.2, 0.25) is 0 Å². The maximum Gasteiger partial charge on any atom is 0.242 e. The number of nitrogens with zero attached hydrogens (tertiary/aromatic N) is 3. The van der Waals surface area contributed by atoms with Crippen molar-refractivity contribution < 1.29 is 4.79 Å². The molecule has 0 saturated heterocycles. The molecule has 0 saturated carbocycles. The minimum Gasteiger partial charge on any atom is -0.368 e. The number of rotatable bonds is 9. The van der Waals surface area contributed by atoms with Crippen LogP contribution < -0.4 is 11.1 Å². The largest absolute Gasteiger partial charge is 0.368 e. The Hall–Kier alpha value is -2.04. The zero-order valence-corrected chi connectivity index (χ0v) is 12.7. The molecule has 1 aromatic rings. The molecule has 0 aromatic heterocycles. The first-order valence-electron chi connectivity index (χ1n) is 7.19. The maximum atomic E-state index is 11.8. The summed E-state index contributed by atoms with van der Waals surface area (Å²) in [6.45, 7) is 4.85. The molecule has 0 bridgehead atoms. The molecule has 0 spiro atoms. The van der Waals surface area contributed by atoms with Crippen molar-refractivity contribution in [3.63, 3.8) is 0 Å². The van der Waals surface area contributed by atoms with Gasteiger partial charge in [-0.1, -0.05) is 42.7 Å². The number of hydrogen-bond donors (Lipinski definition) is 2. The van der Waals surface area contributed by atoms with E-state index in [1.807, 2.05) is 24.3 Å². The number of nitrogens with two attached hydrogens (primary N) is 1. The highest BCUT2D eigenvalue weighted by molar-refractivity contribution is 5.85. The van der Waals surface area contributed by atoms with Gasteiger partial charge in [0, 0.05) is 11.5 Å². The fourth-order valence-corrected chi connectivity index (χ4v) is 2.16. The summed E-state index contributed by atoms with van der Waals surface area (Å²) in [6.07, 6.45) is 2.76. The Morgan fingerprint density at radius 1 is 1.43 bits per heavy atom. The van der Waals surface area contributed by atoms with Crippen LogP contribution in [-0.4, -0.2) is 19.0 Å². The Kier molecular flexibility index (Phi) is 6.72. The second-order valence-electron chi connectivity index (χ2n) is 5.17. The third kappa shape index (κ3) is 4.77. The summed E-state index contributed by atoms with van der Waals surface area (Å²) in [5.74, 6) is -0.422. The van der Waals surface area contributed by atoms with Crippen LogP contribution in [0.25, 0.3) is 10.4 Å². The second-order valence-corrected chi connectivity index (χ2v) is 5.17. The maximum absolute atomic E-state index is 11.8. The lowest BCUT2D eigenvalue weighted by Crippen LogP contribution is -2.50. The number of hydrogen-bond acceptors (Lipinski definition) is 3. The van der Waals surface area contributed by atoms with E-state index in [9.17, 15) is 4.79 Å². The molecule has 6 heteroatoms. The lowest BCUT2D eigenvalue weighted by atomic mass is 9.90. The van der Waals surface area contributed by atoms with Crippen LogP contribution >= 0.6 is 0 Å². The number of primary amides is 1. The Balaban J connectivity index is 2.78. The van der Waals surface area contributed by atoms with Crippen LogP contribution in [0.15, 0.2) is 29.4 Å². The highest BCUT2D eigenvalue weighted by atomic mass is 16.1. The third-order valence-electron chi connectivity index (χ3n) is 3.54. The number of carbonyl (C=O) groups is 1. The molecular formula is C15H23N5O. The Morgan fingerprint density at radius 2 is 2.10 bits per heavy atom. The Labute approximate surface area is 125 Å². The lowest BCUT2D eigenvalue weighted by Gasteiger charge is -2.28. The summed E-state index contributed by atoms with van der Waals surface area (Å²) in [7, 11) is 0. The Bertz CT molecular complexity index is 507. The van der Waals surface area contributed by atoms with Gasteiger partial charge in [0.05, 0.1) is 0 Å². The normalized spacial score (nSPS) is 13.2. The van der Waals surface area contributed by atoms with E-state index in [0.717, 1.165) is 18.4 Å². The zero-order valence-electron chi connectivity index (χ0n) is 12.7. The van der Waals surface area contributed by atoms with Gasteiger partial charge in [-0.25, -0.2) is 0 Å². The summed E-state index contributed by atoms with van der Waals surface area (Å²) < 4.78 is 0. The molecule has 1 rings (SSSR count). The molecule has 1 aromatic carbocycles. The van der Waals surface area contributed by atoms with Crippen molar-refractivity contribution in [3.05, 3.63) is 45.8 Å². The smallest absolute Gasteiger partial charge is 0.242 e. The molecular weight excluding hydrogens is 266 g/mol.